The number of nitrogens with one attached hydrogen (secondary N) is 1. The van der Waals surface area contributed by atoms with Gasteiger partial charge >= 0.3 is 0 Å². The highest BCUT2D eigenvalue weighted by molar-refractivity contribution is 7.18. The number of anilines is 2. The van der Waals surface area contributed by atoms with E-state index in [2.05, 4.69) is 55.9 Å². The number of nitrogens with zero attached hydrogens (tertiary/aromatic N) is 3. The summed E-state index contributed by atoms with van der Waals surface area (Å²) < 4.78 is 0. The van der Waals surface area contributed by atoms with Crippen LogP contribution in [0.25, 0.3) is 10.2 Å². The first-order valence-electron chi connectivity index (χ1n) is 7.82. The molecule has 0 amide bonds. The Morgan fingerprint density at radius 2 is 2.05 bits per heavy atom. The van der Waals surface area contributed by atoms with Crippen LogP contribution in [0.1, 0.15) is 39.0 Å². The van der Waals surface area contributed by atoms with Crippen molar-refractivity contribution in [3.63, 3.8) is 0 Å². The molecule has 0 aliphatic rings. The normalized spacial score (nSPS) is 11.3. The van der Waals surface area contributed by atoms with Gasteiger partial charge in [-0.15, -0.1) is 11.3 Å². The zero-order valence-corrected chi connectivity index (χ0v) is 14.5. The molecule has 2 rings (SSSR count). The van der Waals surface area contributed by atoms with Gasteiger partial charge in [-0.1, -0.05) is 20.8 Å². The fourth-order valence-electron chi connectivity index (χ4n) is 2.39. The highest BCUT2D eigenvalue weighted by Crippen LogP contribution is 2.32. The molecule has 1 N–H and O–H groups in total. The molecule has 21 heavy (non-hydrogen) atoms. The Morgan fingerprint density at radius 3 is 2.67 bits per heavy atom. The summed E-state index contributed by atoms with van der Waals surface area (Å²) in [6, 6.07) is 2.21. The number of hydrogen-bond acceptors (Lipinski definition) is 5. The Bertz CT molecular complexity index is 591. The molecule has 0 fully saturated rings. The van der Waals surface area contributed by atoms with Crippen molar-refractivity contribution in [2.24, 2.45) is 5.92 Å². The predicted molar refractivity (Wildman–Crippen MR) is 93.7 cm³/mol. The minimum absolute atomic E-state index is 0.613. The quantitative estimate of drug-likeness (QED) is 0.828. The molecule has 0 spiro atoms. The molecule has 5 heteroatoms. The maximum atomic E-state index is 4.79. The molecule has 2 aromatic rings. The zero-order valence-electron chi connectivity index (χ0n) is 13.7. The van der Waals surface area contributed by atoms with Gasteiger partial charge < -0.3 is 10.2 Å². The Hall–Kier alpha value is -1.36. The van der Waals surface area contributed by atoms with Gasteiger partial charge in [0.1, 0.15) is 10.6 Å². The van der Waals surface area contributed by atoms with E-state index >= 15 is 0 Å². The highest BCUT2D eigenvalue weighted by Gasteiger charge is 2.16. The van der Waals surface area contributed by atoms with Gasteiger partial charge in [-0.25, -0.2) is 4.98 Å². The van der Waals surface area contributed by atoms with Crippen LogP contribution in [0.4, 0.5) is 11.8 Å². The van der Waals surface area contributed by atoms with Gasteiger partial charge in [0.15, 0.2) is 0 Å². The summed E-state index contributed by atoms with van der Waals surface area (Å²) in [6.45, 7) is 13.9. The smallest absolute Gasteiger partial charge is 0.226 e. The average Bonchev–Trinajstić information content (AvgIpc) is 2.81. The molecule has 0 saturated heterocycles. The lowest BCUT2D eigenvalue weighted by atomic mass is 10.2. The second-order valence-electron chi connectivity index (χ2n) is 5.81. The van der Waals surface area contributed by atoms with Gasteiger partial charge in [0, 0.05) is 24.5 Å². The van der Waals surface area contributed by atoms with Gasteiger partial charge in [0.25, 0.3) is 0 Å². The van der Waals surface area contributed by atoms with Crippen molar-refractivity contribution in [2.45, 2.75) is 41.0 Å². The summed E-state index contributed by atoms with van der Waals surface area (Å²) >= 11 is 1.74. The van der Waals surface area contributed by atoms with Crippen LogP contribution in [-0.2, 0) is 0 Å². The highest BCUT2D eigenvalue weighted by atomic mass is 32.1. The Kier molecular flexibility index (Phi) is 5.39. The van der Waals surface area contributed by atoms with Crippen LogP contribution >= 0.6 is 11.3 Å². The topological polar surface area (TPSA) is 41.1 Å². The molecule has 0 saturated carbocycles. The minimum atomic E-state index is 0.613. The molecule has 0 aromatic carbocycles. The van der Waals surface area contributed by atoms with Crippen molar-refractivity contribution in [1.82, 2.24) is 9.97 Å². The van der Waals surface area contributed by atoms with Crippen LogP contribution in [0, 0.1) is 12.8 Å². The monoisotopic (exact) mass is 306 g/mol. The molecule has 116 valence electrons. The first kappa shape index (κ1) is 16.0. The summed E-state index contributed by atoms with van der Waals surface area (Å²) in [5, 5.41) is 4.51. The van der Waals surface area contributed by atoms with Gasteiger partial charge in [-0.05, 0) is 32.3 Å². The molecule has 0 aliphatic heterocycles. The molecule has 0 atom stereocenters. The van der Waals surface area contributed by atoms with Gasteiger partial charge in [-0.3, -0.25) is 0 Å². The summed E-state index contributed by atoms with van der Waals surface area (Å²) in [4.78, 5) is 14.2. The van der Waals surface area contributed by atoms with Crippen LogP contribution in [0.2, 0.25) is 0 Å². The largest absolute Gasteiger partial charge is 0.356 e. The number of rotatable bonds is 7. The van der Waals surface area contributed by atoms with Crippen molar-refractivity contribution < 1.29 is 0 Å². The van der Waals surface area contributed by atoms with Gasteiger partial charge in [0.05, 0.1) is 5.39 Å². The van der Waals surface area contributed by atoms with Crippen molar-refractivity contribution >= 4 is 33.3 Å². The fraction of sp³-hybridized carbons (Fsp3) is 0.625. The molecule has 0 aliphatic carbocycles. The van der Waals surface area contributed by atoms with E-state index in [9.17, 15) is 0 Å². The summed E-state index contributed by atoms with van der Waals surface area (Å²) in [6.07, 6.45) is 1.07. The van der Waals surface area contributed by atoms with Crippen molar-refractivity contribution in [3.8, 4) is 0 Å². The van der Waals surface area contributed by atoms with Crippen LogP contribution in [0.5, 0.6) is 0 Å². The third-order valence-electron chi connectivity index (χ3n) is 3.30. The Morgan fingerprint density at radius 1 is 1.29 bits per heavy atom. The molecule has 0 unspecified atom stereocenters. The second kappa shape index (κ2) is 7.07. The SMILES string of the molecule is CCCNc1nc(N(CC)CC(C)C)c2cc(C)sc2n1. The predicted octanol–water partition coefficient (Wildman–Crippen LogP) is 4.30. The van der Waals surface area contributed by atoms with Crippen molar-refractivity contribution in [1.29, 1.82) is 0 Å². The molecular weight excluding hydrogens is 280 g/mol. The molecule has 0 bridgehead atoms. The molecular formula is C16H26N4S. The number of aryl methyl sites for hydroxylation is 1. The van der Waals surface area contributed by atoms with E-state index in [1.54, 1.807) is 11.3 Å². The molecule has 0 radical (unpaired) electrons. The maximum absolute atomic E-state index is 4.79. The molecule has 2 aromatic heterocycles. The average molecular weight is 306 g/mol. The van der Waals surface area contributed by atoms with E-state index in [-0.39, 0.29) is 0 Å². The molecule has 4 nitrogen and oxygen atoms in total. The van der Waals surface area contributed by atoms with Crippen LogP contribution in [0.3, 0.4) is 0 Å². The van der Waals surface area contributed by atoms with Crippen LogP contribution in [0.15, 0.2) is 6.07 Å². The van der Waals surface area contributed by atoms with E-state index in [0.717, 1.165) is 42.7 Å². The zero-order chi connectivity index (χ0) is 15.4. The standard InChI is InChI=1S/C16H26N4S/c1-6-8-17-16-18-14(20(7-2)10-11(3)4)13-9-12(5)21-15(13)19-16/h9,11H,6-8,10H2,1-5H3,(H,17,18,19). The lowest BCUT2D eigenvalue weighted by Gasteiger charge is -2.25. The lowest BCUT2D eigenvalue weighted by molar-refractivity contribution is 0.615. The third-order valence-corrected chi connectivity index (χ3v) is 4.24. The minimum Gasteiger partial charge on any atom is -0.356 e. The third kappa shape index (κ3) is 3.84. The number of hydrogen-bond donors (Lipinski definition) is 1. The molecule has 2 heterocycles. The number of thiophene rings is 1. The van der Waals surface area contributed by atoms with Crippen molar-refractivity contribution in [2.75, 3.05) is 29.9 Å². The second-order valence-corrected chi connectivity index (χ2v) is 7.04. The number of fused-ring (bicyclic) bond motifs is 1. The summed E-state index contributed by atoms with van der Waals surface area (Å²) in [5.74, 6) is 2.43. The van der Waals surface area contributed by atoms with E-state index in [4.69, 9.17) is 4.98 Å². The van der Waals surface area contributed by atoms with E-state index in [1.165, 1.54) is 10.3 Å². The number of aromatic nitrogens is 2. The van der Waals surface area contributed by atoms with Crippen molar-refractivity contribution in [3.05, 3.63) is 10.9 Å². The summed E-state index contributed by atoms with van der Waals surface area (Å²) in [7, 11) is 0. The van der Waals surface area contributed by atoms with E-state index in [1.807, 2.05) is 0 Å². The van der Waals surface area contributed by atoms with Crippen LogP contribution < -0.4 is 10.2 Å². The summed E-state index contributed by atoms with van der Waals surface area (Å²) in [5.41, 5.74) is 0. The fourth-order valence-corrected chi connectivity index (χ4v) is 3.26. The van der Waals surface area contributed by atoms with Crippen LogP contribution in [-0.4, -0.2) is 29.6 Å². The Balaban J connectivity index is 2.46. The Labute approximate surface area is 131 Å². The van der Waals surface area contributed by atoms with Gasteiger partial charge in [0.2, 0.25) is 5.95 Å². The maximum Gasteiger partial charge on any atom is 0.226 e. The first-order chi connectivity index (χ1) is 10.0. The van der Waals surface area contributed by atoms with E-state index in [0.29, 0.717) is 5.92 Å². The lowest BCUT2D eigenvalue weighted by Crippen LogP contribution is -2.28. The van der Waals surface area contributed by atoms with Gasteiger partial charge in [-0.2, -0.15) is 4.98 Å². The first-order valence-corrected chi connectivity index (χ1v) is 8.63. The van der Waals surface area contributed by atoms with E-state index < -0.39 is 0 Å².